The average molecular weight is 210 g/mol. The van der Waals surface area contributed by atoms with Crippen LogP contribution in [0.5, 0.6) is 0 Å². The van der Waals surface area contributed by atoms with Crippen molar-refractivity contribution in [1.82, 2.24) is 0 Å². The Morgan fingerprint density at radius 3 is 2.17 bits per heavy atom. The monoisotopic (exact) mass is 210 g/mol. The van der Waals surface area contributed by atoms with Gasteiger partial charge in [-0.3, -0.25) is 0 Å². The molecule has 0 aromatic heterocycles. The second-order valence-electron chi connectivity index (χ2n) is 1.52. The normalized spacial score (nSPS) is 13.3. The molecule has 0 saturated carbocycles. The molecule has 0 aliphatic heterocycles. The summed E-state index contributed by atoms with van der Waals surface area (Å²) in [7, 11) is -3.75. The zero-order chi connectivity index (χ0) is 9.83. The molecule has 0 heterocycles. The molecule has 0 radical (unpaired) electrons. The molecule has 0 N–H and O–H groups in total. The Bertz CT molecular complexity index is 219. The van der Waals surface area contributed by atoms with Crippen molar-refractivity contribution in [1.29, 1.82) is 0 Å². The number of rotatable bonds is 4. The molecule has 0 amide bonds. The van der Waals surface area contributed by atoms with E-state index in [1.165, 1.54) is 0 Å². The predicted molar refractivity (Wildman–Crippen MR) is 29.0 cm³/mol. The third kappa shape index (κ3) is 6.34. The minimum atomic E-state index is -4.65. The summed E-state index contributed by atoms with van der Waals surface area (Å²) >= 11 is 0. The highest BCUT2D eigenvalue weighted by Gasteiger charge is 2.29. The van der Waals surface area contributed by atoms with Crippen LogP contribution < -0.4 is 0 Å². The highest BCUT2D eigenvalue weighted by molar-refractivity contribution is 7.81. The van der Waals surface area contributed by atoms with Gasteiger partial charge in [-0.05, 0) is 0 Å². The Labute approximate surface area is 66.3 Å². The number of alkyl halides is 3. The van der Waals surface area contributed by atoms with Crippen molar-refractivity contribution in [3.05, 3.63) is 0 Å². The molecule has 0 fully saturated rings. The van der Waals surface area contributed by atoms with Crippen LogP contribution >= 0.6 is 0 Å². The molecule has 5 nitrogen and oxygen atoms in total. The lowest BCUT2D eigenvalue weighted by Gasteiger charge is -2.04. The van der Waals surface area contributed by atoms with Gasteiger partial charge in [-0.15, -0.1) is 0 Å². The molecule has 0 aromatic rings. The molecule has 9 heteroatoms. The first kappa shape index (κ1) is 11.6. The van der Waals surface area contributed by atoms with Crippen molar-refractivity contribution < 1.29 is 35.0 Å². The Morgan fingerprint density at radius 1 is 1.33 bits per heavy atom. The minimum Gasteiger partial charge on any atom is -0.250 e. The number of hydrogen-bond acceptors (Lipinski definition) is 5. The van der Waals surface area contributed by atoms with Gasteiger partial charge in [0.25, 0.3) is 0 Å². The third-order valence-corrected chi connectivity index (χ3v) is 1.23. The SMILES string of the molecule is COS(=O)(=O)OOCC(F)(F)F. The van der Waals surface area contributed by atoms with Gasteiger partial charge in [0.2, 0.25) is 0 Å². The summed E-state index contributed by atoms with van der Waals surface area (Å²) in [6, 6.07) is 0. The van der Waals surface area contributed by atoms with Crippen LogP contribution in [-0.2, 0) is 23.8 Å². The van der Waals surface area contributed by atoms with Gasteiger partial charge in [-0.1, -0.05) is 4.33 Å². The standard InChI is InChI=1S/C3H5F3O5S/c1-9-12(7,8)11-10-2-3(4,5)6/h2H2,1H3. The van der Waals surface area contributed by atoms with Gasteiger partial charge in [-0.25, -0.2) is 9.07 Å². The van der Waals surface area contributed by atoms with Gasteiger partial charge in [0, 0.05) is 0 Å². The molecule has 0 bridgehead atoms. The Balaban J connectivity index is 3.73. The van der Waals surface area contributed by atoms with Crippen LogP contribution in [-0.4, -0.2) is 28.3 Å². The van der Waals surface area contributed by atoms with E-state index in [1.54, 1.807) is 0 Å². The molecular formula is C3H5F3O5S. The first-order valence-corrected chi connectivity index (χ1v) is 3.78. The van der Waals surface area contributed by atoms with E-state index in [9.17, 15) is 21.6 Å². The first-order chi connectivity index (χ1) is 5.27. The zero-order valence-electron chi connectivity index (χ0n) is 5.79. The largest absolute Gasteiger partial charge is 0.426 e. The van der Waals surface area contributed by atoms with Gasteiger partial charge < -0.3 is 0 Å². The van der Waals surface area contributed by atoms with Gasteiger partial charge in [0.1, 0.15) is 0 Å². The summed E-state index contributed by atoms with van der Waals surface area (Å²) < 4.78 is 61.1. The third-order valence-electron chi connectivity index (χ3n) is 0.558. The maximum atomic E-state index is 11.3. The quantitative estimate of drug-likeness (QED) is 0.496. The number of halogens is 3. The molecule has 0 spiro atoms. The zero-order valence-corrected chi connectivity index (χ0v) is 6.61. The molecule has 0 aliphatic rings. The molecule has 0 atom stereocenters. The van der Waals surface area contributed by atoms with Crippen LogP contribution in [0.3, 0.4) is 0 Å². The first-order valence-electron chi connectivity index (χ1n) is 2.45. The molecular weight excluding hydrogens is 205 g/mol. The van der Waals surface area contributed by atoms with Crippen molar-refractivity contribution >= 4 is 10.4 Å². The van der Waals surface area contributed by atoms with Gasteiger partial charge in [0.05, 0.1) is 7.11 Å². The van der Waals surface area contributed by atoms with Crippen molar-refractivity contribution in [2.45, 2.75) is 6.18 Å². The molecule has 0 saturated heterocycles. The topological polar surface area (TPSA) is 61.8 Å². The van der Waals surface area contributed by atoms with Crippen molar-refractivity contribution in [3.63, 3.8) is 0 Å². The van der Waals surface area contributed by atoms with Crippen LogP contribution in [0.25, 0.3) is 0 Å². The van der Waals surface area contributed by atoms with E-state index in [-0.39, 0.29) is 0 Å². The van der Waals surface area contributed by atoms with Crippen LogP contribution in [0.4, 0.5) is 13.2 Å². The van der Waals surface area contributed by atoms with Crippen molar-refractivity contribution in [2.75, 3.05) is 13.7 Å². The minimum absolute atomic E-state index is 0.715. The lowest BCUT2D eigenvalue weighted by Crippen LogP contribution is -2.19. The highest BCUT2D eigenvalue weighted by Crippen LogP contribution is 2.14. The Morgan fingerprint density at radius 2 is 1.83 bits per heavy atom. The van der Waals surface area contributed by atoms with Crippen LogP contribution in [0.1, 0.15) is 0 Å². The van der Waals surface area contributed by atoms with E-state index in [4.69, 9.17) is 0 Å². The average Bonchev–Trinajstić information content (AvgIpc) is 1.84. The van der Waals surface area contributed by atoms with Crippen LogP contribution in [0, 0.1) is 0 Å². The maximum Gasteiger partial charge on any atom is 0.426 e. The van der Waals surface area contributed by atoms with E-state index in [2.05, 4.69) is 13.4 Å². The van der Waals surface area contributed by atoms with Gasteiger partial charge in [-0.2, -0.15) is 21.6 Å². The van der Waals surface area contributed by atoms with Crippen molar-refractivity contribution in [2.24, 2.45) is 0 Å². The van der Waals surface area contributed by atoms with Crippen molar-refractivity contribution in [3.8, 4) is 0 Å². The Kier molecular flexibility index (Phi) is 3.90. The summed E-state index contributed by atoms with van der Waals surface area (Å²) in [6.07, 6.45) is -4.65. The number of hydrogen-bond donors (Lipinski definition) is 0. The second-order valence-corrected chi connectivity index (χ2v) is 2.81. The fraction of sp³-hybridized carbons (Fsp3) is 1.00. The summed E-state index contributed by atoms with van der Waals surface area (Å²) in [5.74, 6) is 0. The highest BCUT2D eigenvalue weighted by atomic mass is 32.3. The van der Waals surface area contributed by atoms with Gasteiger partial charge >= 0.3 is 16.6 Å². The summed E-state index contributed by atoms with van der Waals surface area (Å²) in [6.45, 7) is -1.82. The van der Waals surface area contributed by atoms with Crippen LogP contribution in [0.15, 0.2) is 0 Å². The van der Waals surface area contributed by atoms with E-state index in [0.29, 0.717) is 7.11 Å². The maximum absolute atomic E-state index is 11.3. The molecule has 0 aromatic carbocycles. The van der Waals surface area contributed by atoms with E-state index in [0.717, 1.165) is 0 Å². The molecule has 0 unspecified atom stereocenters. The summed E-state index contributed by atoms with van der Waals surface area (Å²) in [5.41, 5.74) is 0. The van der Waals surface area contributed by atoms with E-state index < -0.39 is 23.2 Å². The summed E-state index contributed by atoms with van der Waals surface area (Å²) in [4.78, 5) is 3.32. The lowest BCUT2D eigenvalue weighted by atomic mass is 10.7. The fourth-order valence-corrected chi connectivity index (χ4v) is 0.399. The summed E-state index contributed by atoms with van der Waals surface area (Å²) in [5, 5.41) is 0. The molecule has 12 heavy (non-hydrogen) atoms. The van der Waals surface area contributed by atoms with E-state index >= 15 is 0 Å². The van der Waals surface area contributed by atoms with Crippen LogP contribution in [0.2, 0.25) is 0 Å². The lowest BCUT2D eigenvalue weighted by molar-refractivity contribution is -0.283. The Hall–Kier alpha value is -0.380. The molecule has 0 rings (SSSR count). The molecule has 0 aliphatic carbocycles. The van der Waals surface area contributed by atoms with E-state index in [1.807, 2.05) is 0 Å². The molecule has 74 valence electrons. The van der Waals surface area contributed by atoms with Gasteiger partial charge in [0.15, 0.2) is 6.61 Å². The second kappa shape index (κ2) is 4.03. The smallest absolute Gasteiger partial charge is 0.250 e. The fourth-order valence-electron chi connectivity index (χ4n) is 0.178. The predicted octanol–water partition coefficient (Wildman–Crippen LogP) is 0.388.